The van der Waals surface area contributed by atoms with Crippen molar-refractivity contribution in [3.05, 3.63) is 28.2 Å². The Morgan fingerprint density at radius 1 is 1.39 bits per heavy atom. The van der Waals surface area contributed by atoms with Crippen molar-refractivity contribution < 1.29 is 9.90 Å². The summed E-state index contributed by atoms with van der Waals surface area (Å²) in [5.41, 5.74) is 0.303. The van der Waals surface area contributed by atoms with Gasteiger partial charge in [0.2, 0.25) is 0 Å². The van der Waals surface area contributed by atoms with E-state index in [1.807, 2.05) is 14.1 Å². The molecule has 1 rings (SSSR count). The predicted molar refractivity (Wildman–Crippen MR) is 75.9 cm³/mol. The van der Waals surface area contributed by atoms with Gasteiger partial charge >= 0.3 is 0 Å². The van der Waals surface area contributed by atoms with E-state index in [-0.39, 0.29) is 11.7 Å². The number of carbonyl (C=O) groups is 1. The lowest BCUT2D eigenvalue weighted by atomic mass is 10.2. The Hall–Kier alpha value is -1.07. The standard InChI is InChI=1S/C13H19BrN2O2/c1-16(2)8-4-3-7-15-13(18)11-9-10(14)5-6-12(11)17/h5-6,9,17H,3-4,7-8H2,1-2H3,(H,15,18). The van der Waals surface area contributed by atoms with Gasteiger partial charge in [-0.3, -0.25) is 4.79 Å². The summed E-state index contributed by atoms with van der Waals surface area (Å²) in [6.07, 6.45) is 1.97. The maximum Gasteiger partial charge on any atom is 0.255 e. The van der Waals surface area contributed by atoms with Crippen LogP contribution in [0.3, 0.4) is 0 Å². The molecular weight excluding hydrogens is 296 g/mol. The molecule has 100 valence electrons. The number of phenolic OH excluding ortho intramolecular Hbond substituents is 1. The third kappa shape index (κ3) is 5.06. The van der Waals surface area contributed by atoms with Crippen molar-refractivity contribution in [3.63, 3.8) is 0 Å². The van der Waals surface area contributed by atoms with Crippen molar-refractivity contribution in [2.45, 2.75) is 12.8 Å². The number of rotatable bonds is 6. The number of hydrogen-bond donors (Lipinski definition) is 2. The van der Waals surface area contributed by atoms with Crippen LogP contribution in [0.25, 0.3) is 0 Å². The predicted octanol–water partition coefficient (Wildman–Crippen LogP) is 2.23. The summed E-state index contributed by atoms with van der Waals surface area (Å²) >= 11 is 3.28. The third-order valence-electron chi connectivity index (χ3n) is 2.52. The molecule has 5 heteroatoms. The quantitative estimate of drug-likeness (QED) is 0.792. The fourth-order valence-corrected chi connectivity index (χ4v) is 1.90. The van der Waals surface area contributed by atoms with Crippen molar-refractivity contribution >= 4 is 21.8 Å². The van der Waals surface area contributed by atoms with E-state index < -0.39 is 0 Å². The fraction of sp³-hybridized carbons (Fsp3) is 0.462. The summed E-state index contributed by atoms with van der Waals surface area (Å²) in [4.78, 5) is 13.9. The first-order valence-electron chi connectivity index (χ1n) is 5.92. The highest BCUT2D eigenvalue weighted by molar-refractivity contribution is 9.10. The van der Waals surface area contributed by atoms with Gasteiger partial charge in [-0.2, -0.15) is 0 Å². The molecule has 1 aromatic rings. The fourth-order valence-electron chi connectivity index (χ4n) is 1.54. The molecule has 0 saturated heterocycles. The molecule has 0 unspecified atom stereocenters. The lowest BCUT2D eigenvalue weighted by molar-refractivity contribution is 0.0950. The Morgan fingerprint density at radius 3 is 2.78 bits per heavy atom. The van der Waals surface area contributed by atoms with E-state index in [9.17, 15) is 9.90 Å². The molecular formula is C13H19BrN2O2. The molecule has 0 aromatic heterocycles. The Balaban J connectivity index is 2.39. The molecule has 0 aliphatic heterocycles. The van der Waals surface area contributed by atoms with Crippen LogP contribution in [0.5, 0.6) is 5.75 Å². The van der Waals surface area contributed by atoms with Crippen LogP contribution in [0.1, 0.15) is 23.2 Å². The van der Waals surface area contributed by atoms with E-state index in [2.05, 4.69) is 26.1 Å². The Morgan fingerprint density at radius 2 is 2.11 bits per heavy atom. The van der Waals surface area contributed by atoms with Crippen LogP contribution < -0.4 is 5.32 Å². The van der Waals surface area contributed by atoms with Gasteiger partial charge in [-0.25, -0.2) is 0 Å². The summed E-state index contributed by atoms with van der Waals surface area (Å²) in [5.74, 6) is -0.234. The highest BCUT2D eigenvalue weighted by atomic mass is 79.9. The molecule has 0 saturated carbocycles. The number of hydrogen-bond acceptors (Lipinski definition) is 3. The molecule has 0 atom stereocenters. The van der Waals surface area contributed by atoms with Crippen LogP contribution in [0.4, 0.5) is 0 Å². The minimum absolute atomic E-state index is 0.00370. The summed E-state index contributed by atoms with van der Waals surface area (Å²) in [6, 6.07) is 4.82. The molecule has 18 heavy (non-hydrogen) atoms. The maximum atomic E-state index is 11.8. The molecule has 1 amide bonds. The molecule has 0 aliphatic carbocycles. The summed E-state index contributed by atoms with van der Waals surface area (Å²) in [5, 5.41) is 12.4. The molecule has 0 fully saturated rings. The second-order valence-corrected chi connectivity index (χ2v) is 5.34. The van der Waals surface area contributed by atoms with Crippen molar-refractivity contribution in [2.75, 3.05) is 27.2 Å². The first-order chi connectivity index (χ1) is 8.50. The molecule has 1 aromatic carbocycles. The molecule has 2 N–H and O–H groups in total. The Bertz CT molecular complexity index is 408. The first kappa shape index (κ1) is 15.0. The van der Waals surface area contributed by atoms with Crippen LogP contribution in [-0.2, 0) is 0 Å². The zero-order valence-corrected chi connectivity index (χ0v) is 12.3. The number of benzene rings is 1. The smallest absolute Gasteiger partial charge is 0.255 e. The van der Waals surface area contributed by atoms with E-state index in [0.29, 0.717) is 12.1 Å². The monoisotopic (exact) mass is 314 g/mol. The number of phenols is 1. The number of aromatic hydroxyl groups is 1. The molecule has 0 bridgehead atoms. The topological polar surface area (TPSA) is 52.6 Å². The van der Waals surface area contributed by atoms with E-state index >= 15 is 0 Å². The van der Waals surface area contributed by atoms with Crippen LogP contribution in [-0.4, -0.2) is 43.1 Å². The zero-order valence-electron chi connectivity index (χ0n) is 10.7. The van der Waals surface area contributed by atoms with Crippen LogP contribution in [0, 0.1) is 0 Å². The van der Waals surface area contributed by atoms with Gasteiger partial charge in [-0.05, 0) is 51.7 Å². The van der Waals surface area contributed by atoms with Crippen LogP contribution >= 0.6 is 15.9 Å². The van der Waals surface area contributed by atoms with Gasteiger partial charge < -0.3 is 15.3 Å². The SMILES string of the molecule is CN(C)CCCCNC(=O)c1cc(Br)ccc1O. The van der Waals surface area contributed by atoms with Crippen LogP contribution in [0.15, 0.2) is 22.7 Å². The minimum atomic E-state index is -0.237. The lowest BCUT2D eigenvalue weighted by Gasteiger charge is -2.10. The van der Waals surface area contributed by atoms with Gasteiger partial charge in [-0.15, -0.1) is 0 Å². The van der Waals surface area contributed by atoms with E-state index in [4.69, 9.17) is 0 Å². The second-order valence-electron chi connectivity index (χ2n) is 4.43. The van der Waals surface area contributed by atoms with E-state index in [1.165, 1.54) is 6.07 Å². The average molecular weight is 315 g/mol. The van der Waals surface area contributed by atoms with Crippen molar-refractivity contribution in [1.82, 2.24) is 10.2 Å². The van der Waals surface area contributed by atoms with Gasteiger partial charge in [0, 0.05) is 11.0 Å². The number of nitrogens with zero attached hydrogens (tertiary/aromatic N) is 1. The molecule has 0 spiro atoms. The number of halogens is 1. The summed E-state index contributed by atoms with van der Waals surface area (Å²) in [6.45, 7) is 1.64. The number of amides is 1. The number of nitrogens with one attached hydrogen (secondary N) is 1. The van der Waals surface area contributed by atoms with Crippen molar-refractivity contribution in [3.8, 4) is 5.75 Å². The Kier molecular flexibility index (Phi) is 6.15. The van der Waals surface area contributed by atoms with E-state index in [0.717, 1.165) is 23.9 Å². The van der Waals surface area contributed by atoms with Gasteiger partial charge in [0.15, 0.2) is 0 Å². The molecule has 4 nitrogen and oxygen atoms in total. The molecule has 0 heterocycles. The van der Waals surface area contributed by atoms with Gasteiger partial charge in [-0.1, -0.05) is 15.9 Å². The molecule has 0 aliphatic rings. The zero-order chi connectivity index (χ0) is 13.5. The number of unbranched alkanes of at least 4 members (excludes halogenated alkanes) is 1. The minimum Gasteiger partial charge on any atom is -0.507 e. The number of carbonyl (C=O) groups excluding carboxylic acids is 1. The van der Waals surface area contributed by atoms with Gasteiger partial charge in [0.1, 0.15) is 5.75 Å². The van der Waals surface area contributed by atoms with Gasteiger partial charge in [0.25, 0.3) is 5.91 Å². The molecule has 0 radical (unpaired) electrons. The van der Waals surface area contributed by atoms with Crippen molar-refractivity contribution in [2.24, 2.45) is 0 Å². The summed E-state index contributed by atoms with van der Waals surface area (Å²) in [7, 11) is 4.05. The first-order valence-corrected chi connectivity index (χ1v) is 6.71. The van der Waals surface area contributed by atoms with Gasteiger partial charge in [0.05, 0.1) is 5.56 Å². The van der Waals surface area contributed by atoms with Crippen molar-refractivity contribution in [1.29, 1.82) is 0 Å². The largest absolute Gasteiger partial charge is 0.507 e. The average Bonchev–Trinajstić information content (AvgIpc) is 2.31. The third-order valence-corrected chi connectivity index (χ3v) is 3.01. The van der Waals surface area contributed by atoms with E-state index in [1.54, 1.807) is 12.1 Å². The highest BCUT2D eigenvalue weighted by Gasteiger charge is 2.10. The van der Waals surface area contributed by atoms with Crippen LogP contribution in [0.2, 0.25) is 0 Å². The normalized spacial score (nSPS) is 10.7. The lowest BCUT2D eigenvalue weighted by Crippen LogP contribution is -2.25. The Labute approximate surface area is 116 Å². The summed E-state index contributed by atoms with van der Waals surface area (Å²) < 4.78 is 0.776. The highest BCUT2D eigenvalue weighted by Crippen LogP contribution is 2.21. The maximum absolute atomic E-state index is 11.8. The second kappa shape index (κ2) is 7.38.